The van der Waals surface area contributed by atoms with Gasteiger partial charge in [-0.1, -0.05) is 18.2 Å². The first-order chi connectivity index (χ1) is 16.0. The van der Waals surface area contributed by atoms with Crippen LogP contribution >= 0.6 is 0 Å². The molecular formula is C25H28FN7. The number of aromatic nitrogens is 4. The van der Waals surface area contributed by atoms with Gasteiger partial charge in [0.2, 0.25) is 0 Å². The van der Waals surface area contributed by atoms with Crippen LogP contribution in [0.2, 0.25) is 0 Å². The van der Waals surface area contributed by atoms with E-state index in [9.17, 15) is 4.39 Å². The highest BCUT2D eigenvalue weighted by molar-refractivity contribution is 5.77. The minimum atomic E-state index is -0.244. The third kappa shape index (κ3) is 4.86. The van der Waals surface area contributed by atoms with Crippen LogP contribution in [0.1, 0.15) is 24.1 Å². The Morgan fingerprint density at radius 3 is 2.61 bits per heavy atom. The molecule has 3 heterocycles. The van der Waals surface area contributed by atoms with E-state index in [0.717, 1.165) is 49.3 Å². The molecule has 8 heteroatoms. The first kappa shape index (κ1) is 21.5. The van der Waals surface area contributed by atoms with Gasteiger partial charge < -0.3 is 10.2 Å². The minimum absolute atomic E-state index is 0.0354. The Balaban J connectivity index is 1.33. The van der Waals surface area contributed by atoms with Crippen molar-refractivity contribution < 1.29 is 4.39 Å². The van der Waals surface area contributed by atoms with E-state index in [1.807, 2.05) is 11.5 Å². The molecule has 170 valence electrons. The maximum atomic E-state index is 13.2. The SMILES string of the molecule is CC(Nc1cncc(-n2cnc3cc(CN4CCN(C)CC4)ccc32)n1)c1ccc(F)cc1. The van der Waals surface area contributed by atoms with Gasteiger partial charge in [0, 0.05) is 38.8 Å². The summed E-state index contributed by atoms with van der Waals surface area (Å²) >= 11 is 0. The summed E-state index contributed by atoms with van der Waals surface area (Å²) in [6.45, 7) is 7.36. The number of nitrogens with one attached hydrogen (secondary N) is 1. The second kappa shape index (κ2) is 9.25. The molecule has 0 saturated carbocycles. The van der Waals surface area contributed by atoms with Crippen molar-refractivity contribution in [1.29, 1.82) is 0 Å². The molecule has 1 unspecified atom stereocenters. The number of halogens is 1. The lowest BCUT2D eigenvalue weighted by Crippen LogP contribution is -2.43. The molecule has 2 aromatic heterocycles. The largest absolute Gasteiger partial charge is 0.362 e. The van der Waals surface area contributed by atoms with Crippen molar-refractivity contribution in [2.24, 2.45) is 0 Å². The van der Waals surface area contributed by atoms with E-state index in [-0.39, 0.29) is 11.9 Å². The zero-order chi connectivity index (χ0) is 22.8. The highest BCUT2D eigenvalue weighted by Gasteiger charge is 2.15. The summed E-state index contributed by atoms with van der Waals surface area (Å²) in [7, 11) is 2.17. The summed E-state index contributed by atoms with van der Waals surface area (Å²) in [6.07, 6.45) is 5.21. The fourth-order valence-corrected chi connectivity index (χ4v) is 4.20. The lowest BCUT2D eigenvalue weighted by Gasteiger charge is -2.32. The number of benzene rings is 2. The zero-order valence-corrected chi connectivity index (χ0v) is 18.9. The smallest absolute Gasteiger partial charge is 0.159 e. The molecule has 2 aromatic carbocycles. The maximum Gasteiger partial charge on any atom is 0.159 e. The normalized spacial score (nSPS) is 16.2. The molecule has 5 rings (SSSR count). The zero-order valence-electron chi connectivity index (χ0n) is 18.9. The highest BCUT2D eigenvalue weighted by Crippen LogP contribution is 2.22. The first-order valence-corrected chi connectivity index (χ1v) is 11.3. The summed E-state index contributed by atoms with van der Waals surface area (Å²) in [5.41, 5.74) is 4.19. The van der Waals surface area contributed by atoms with Gasteiger partial charge in [0.1, 0.15) is 18.0 Å². The number of hydrogen-bond acceptors (Lipinski definition) is 6. The lowest BCUT2D eigenvalue weighted by molar-refractivity contribution is 0.148. The van der Waals surface area contributed by atoms with E-state index in [1.165, 1.54) is 17.7 Å². The van der Waals surface area contributed by atoms with Crippen molar-refractivity contribution in [2.45, 2.75) is 19.5 Å². The molecule has 0 radical (unpaired) electrons. The molecule has 1 atom stereocenters. The van der Waals surface area contributed by atoms with Gasteiger partial charge >= 0.3 is 0 Å². The molecule has 33 heavy (non-hydrogen) atoms. The van der Waals surface area contributed by atoms with Crippen LogP contribution in [0.3, 0.4) is 0 Å². The van der Waals surface area contributed by atoms with E-state index in [1.54, 1.807) is 30.9 Å². The summed E-state index contributed by atoms with van der Waals surface area (Å²) in [5, 5.41) is 3.35. The molecule has 0 bridgehead atoms. The Bertz CT molecular complexity index is 1230. The second-order valence-electron chi connectivity index (χ2n) is 8.70. The molecule has 1 fully saturated rings. The minimum Gasteiger partial charge on any atom is -0.362 e. The van der Waals surface area contributed by atoms with E-state index < -0.39 is 0 Å². The molecule has 0 spiro atoms. The first-order valence-electron chi connectivity index (χ1n) is 11.3. The van der Waals surface area contributed by atoms with Gasteiger partial charge in [0.15, 0.2) is 5.82 Å². The summed E-state index contributed by atoms with van der Waals surface area (Å²) in [5.74, 6) is 1.10. The molecule has 1 N–H and O–H groups in total. The third-order valence-corrected chi connectivity index (χ3v) is 6.22. The Morgan fingerprint density at radius 1 is 1.03 bits per heavy atom. The van der Waals surface area contributed by atoms with Crippen LogP contribution in [-0.2, 0) is 6.54 Å². The predicted molar refractivity (Wildman–Crippen MR) is 128 cm³/mol. The Kier molecular flexibility index (Phi) is 6.02. The van der Waals surface area contributed by atoms with Crippen LogP contribution in [0, 0.1) is 5.82 Å². The number of likely N-dealkylation sites (N-methyl/N-ethyl adjacent to an activating group) is 1. The second-order valence-corrected chi connectivity index (χ2v) is 8.70. The van der Waals surface area contributed by atoms with Crippen molar-refractivity contribution >= 4 is 16.9 Å². The van der Waals surface area contributed by atoms with Crippen LogP contribution in [0.4, 0.5) is 10.2 Å². The highest BCUT2D eigenvalue weighted by atomic mass is 19.1. The third-order valence-electron chi connectivity index (χ3n) is 6.22. The maximum absolute atomic E-state index is 13.2. The number of fused-ring (bicyclic) bond motifs is 1. The fraction of sp³-hybridized carbons (Fsp3) is 0.320. The van der Waals surface area contributed by atoms with Gasteiger partial charge in [-0.15, -0.1) is 0 Å². The summed E-state index contributed by atoms with van der Waals surface area (Å²) < 4.78 is 15.2. The summed E-state index contributed by atoms with van der Waals surface area (Å²) in [4.78, 5) is 18.6. The molecule has 0 amide bonds. The average molecular weight is 446 g/mol. The number of imidazole rings is 1. The van der Waals surface area contributed by atoms with Crippen LogP contribution in [0.15, 0.2) is 61.2 Å². The fourth-order valence-electron chi connectivity index (χ4n) is 4.20. The van der Waals surface area contributed by atoms with Gasteiger partial charge in [0.25, 0.3) is 0 Å². The quantitative estimate of drug-likeness (QED) is 0.486. The van der Waals surface area contributed by atoms with Crippen LogP contribution < -0.4 is 5.32 Å². The topological polar surface area (TPSA) is 62.1 Å². The van der Waals surface area contributed by atoms with E-state index >= 15 is 0 Å². The number of rotatable bonds is 6. The van der Waals surface area contributed by atoms with Gasteiger partial charge in [-0.3, -0.25) is 14.5 Å². The Labute approximate surface area is 192 Å². The Morgan fingerprint density at radius 2 is 1.82 bits per heavy atom. The molecule has 0 aliphatic carbocycles. The van der Waals surface area contributed by atoms with Crippen LogP contribution in [0.25, 0.3) is 16.9 Å². The Hall–Kier alpha value is -3.36. The van der Waals surface area contributed by atoms with Crippen molar-refractivity contribution in [3.8, 4) is 5.82 Å². The molecular weight excluding hydrogens is 417 g/mol. The van der Waals surface area contributed by atoms with Gasteiger partial charge in [0.05, 0.1) is 23.4 Å². The van der Waals surface area contributed by atoms with Crippen LogP contribution in [0.5, 0.6) is 0 Å². The molecule has 1 aliphatic heterocycles. The van der Waals surface area contributed by atoms with Gasteiger partial charge in [-0.05, 0) is 49.4 Å². The van der Waals surface area contributed by atoms with Crippen LogP contribution in [-0.4, -0.2) is 62.5 Å². The molecule has 1 aliphatic rings. The molecule has 4 aromatic rings. The monoisotopic (exact) mass is 445 g/mol. The van der Waals surface area contributed by atoms with Crippen molar-refractivity contribution in [1.82, 2.24) is 29.3 Å². The number of anilines is 1. The van der Waals surface area contributed by atoms with Gasteiger partial charge in [-0.2, -0.15) is 0 Å². The van der Waals surface area contributed by atoms with E-state index in [2.05, 4.69) is 50.3 Å². The average Bonchev–Trinajstić information content (AvgIpc) is 3.24. The number of piperazine rings is 1. The summed E-state index contributed by atoms with van der Waals surface area (Å²) in [6, 6.07) is 12.9. The molecule has 7 nitrogen and oxygen atoms in total. The predicted octanol–water partition coefficient (Wildman–Crippen LogP) is 3.88. The van der Waals surface area contributed by atoms with E-state index in [0.29, 0.717) is 11.6 Å². The lowest BCUT2D eigenvalue weighted by atomic mass is 10.1. The van der Waals surface area contributed by atoms with E-state index in [4.69, 9.17) is 4.98 Å². The van der Waals surface area contributed by atoms with Crippen molar-refractivity contribution in [3.05, 3.63) is 78.1 Å². The standard InChI is InChI=1S/C25H28FN7/c1-18(20-4-6-21(26)7-5-20)29-24-14-27-15-25(30-24)33-17-28-22-13-19(3-8-23(22)33)16-32-11-9-31(2)10-12-32/h3-8,13-15,17-18H,9-12,16H2,1-2H3,(H,29,30). The number of hydrogen-bond donors (Lipinski definition) is 1. The van der Waals surface area contributed by atoms with Crippen molar-refractivity contribution in [3.63, 3.8) is 0 Å². The van der Waals surface area contributed by atoms with Gasteiger partial charge in [-0.25, -0.2) is 14.4 Å². The number of nitrogens with zero attached hydrogens (tertiary/aromatic N) is 6. The molecule has 1 saturated heterocycles. The van der Waals surface area contributed by atoms with Crippen molar-refractivity contribution in [2.75, 3.05) is 38.5 Å².